The van der Waals surface area contributed by atoms with Gasteiger partial charge in [-0.1, -0.05) is 44.2 Å². The second-order valence-corrected chi connectivity index (χ2v) is 6.55. The van der Waals surface area contributed by atoms with Crippen LogP contribution in [0.1, 0.15) is 39.3 Å². The van der Waals surface area contributed by atoms with Gasteiger partial charge in [-0.15, -0.1) is 0 Å². The fraction of sp³-hybridized carbons (Fsp3) is 0.529. The lowest BCUT2D eigenvalue weighted by Gasteiger charge is -2.36. The Balaban J connectivity index is 2.19. The molecule has 120 valence electrons. The Hall–Kier alpha value is -1.88. The standard InChI is InChI=1S/C17H24N2O3/c1-11(2)17(3,4)19-16(21)15-14(18-13(20)10-22-15)12-8-6-5-7-9-12/h5-9,11,14-15H,10H2,1-4H3,(H,18,20)(H,19,21)/t14-,15+/m1/s1. The zero-order valence-corrected chi connectivity index (χ0v) is 13.6. The molecule has 2 N–H and O–H groups in total. The van der Waals surface area contributed by atoms with Gasteiger partial charge in [-0.05, 0) is 25.3 Å². The van der Waals surface area contributed by atoms with Crippen molar-refractivity contribution in [1.29, 1.82) is 0 Å². The predicted molar refractivity (Wildman–Crippen MR) is 84.1 cm³/mol. The van der Waals surface area contributed by atoms with Gasteiger partial charge >= 0.3 is 0 Å². The predicted octanol–water partition coefficient (Wildman–Crippen LogP) is 1.79. The molecule has 0 spiro atoms. The molecular formula is C17H24N2O3. The van der Waals surface area contributed by atoms with Crippen LogP contribution in [0.4, 0.5) is 0 Å². The summed E-state index contributed by atoms with van der Waals surface area (Å²) in [6.45, 7) is 7.98. The number of nitrogens with one attached hydrogen (secondary N) is 2. The Morgan fingerprint density at radius 2 is 1.95 bits per heavy atom. The molecule has 1 aliphatic rings. The van der Waals surface area contributed by atoms with Crippen LogP contribution >= 0.6 is 0 Å². The van der Waals surface area contributed by atoms with Crippen molar-refractivity contribution in [2.45, 2.75) is 45.4 Å². The van der Waals surface area contributed by atoms with Gasteiger partial charge in [0.25, 0.3) is 5.91 Å². The number of morpholine rings is 1. The SMILES string of the molecule is CC(C)C(C)(C)NC(=O)[C@H]1OCC(=O)N[C@@H]1c1ccccc1. The Morgan fingerprint density at radius 3 is 2.55 bits per heavy atom. The summed E-state index contributed by atoms with van der Waals surface area (Å²) in [6.07, 6.45) is -0.724. The Morgan fingerprint density at radius 1 is 1.32 bits per heavy atom. The van der Waals surface area contributed by atoms with Crippen LogP contribution in [0.5, 0.6) is 0 Å². The minimum atomic E-state index is -0.724. The number of hydrogen-bond acceptors (Lipinski definition) is 3. The summed E-state index contributed by atoms with van der Waals surface area (Å²) in [5.74, 6) is -0.126. The molecule has 1 heterocycles. The lowest BCUT2D eigenvalue weighted by molar-refractivity contribution is -0.149. The number of benzene rings is 1. The second-order valence-electron chi connectivity index (χ2n) is 6.55. The number of ether oxygens (including phenoxy) is 1. The van der Waals surface area contributed by atoms with Crippen molar-refractivity contribution < 1.29 is 14.3 Å². The number of amides is 2. The summed E-state index contributed by atoms with van der Waals surface area (Å²) in [4.78, 5) is 24.3. The molecule has 2 amide bonds. The third-order valence-corrected chi connectivity index (χ3v) is 4.32. The van der Waals surface area contributed by atoms with Crippen molar-refractivity contribution in [3.63, 3.8) is 0 Å². The van der Waals surface area contributed by atoms with E-state index in [1.54, 1.807) is 0 Å². The van der Waals surface area contributed by atoms with Gasteiger partial charge in [0.1, 0.15) is 6.61 Å². The molecule has 1 aromatic carbocycles. The molecule has 5 nitrogen and oxygen atoms in total. The van der Waals surface area contributed by atoms with E-state index < -0.39 is 12.1 Å². The highest BCUT2D eigenvalue weighted by molar-refractivity contribution is 5.86. The molecule has 1 saturated heterocycles. The molecule has 0 aliphatic carbocycles. The van der Waals surface area contributed by atoms with Crippen molar-refractivity contribution in [1.82, 2.24) is 10.6 Å². The third kappa shape index (κ3) is 3.65. The summed E-state index contributed by atoms with van der Waals surface area (Å²) in [7, 11) is 0. The molecule has 1 aromatic rings. The Kier molecular flexibility index (Phi) is 4.86. The highest BCUT2D eigenvalue weighted by Crippen LogP contribution is 2.24. The van der Waals surface area contributed by atoms with E-state index in [0.717, 1.165) is 5.56 Å². The van der Waals surface area contributed by atoms with Crippen LogP contribution in [0, 0.1) is 5.92 Å². The molecule has 0 aromatic heterocycles. The Bertz CT molecular complexity index is 540. The van der Waals surface area contributed by atoms with Crippen molar-refractivity contribution in [3.05, 3.63) is 35.9 Å². The van der Waals surface area contributed by atoms with E-state index in [9.17, 15) is 9.59 Å². The van der Waals surface area contributed by atoms with E-state index in [1.807, 2.05) is 44.2 Å². The van der Waals surface area contributed by atoms with Crippen molar-refractivity contribution >= 4 is 11.8 Å². The maximum Gasteiger partial charge on any atom is 0.252 e. The first-order valence-corrected chi connectivity index (χ1v) is 7.59. The van der Waals surface area contributed by atoms with Crippen LogP contribution in [0.3, 0.4) is 0 Å². The molecule has 2 rings (SSSR count). The first kappa shape index (κ1) is 16.5. The molecule has 22 heavy (non-hydrogen) atoms. The maximum atomic E-state index is 12.6. The van der Waals surface area contributed by atoms with Crippen LogP contribution in [0.15, 0.2) is 30.3 Å². The number of carbonyl (C=O) groups is 2. The molecule has 1 fully saturated rings. The first-order valence-electron chi connectivity index (χ1n) is 7.59. The number of hydrogen-bond donors (Lipinski definition) is 2. The summed E-state index contributed by atoms with van der Waals surface area (Å²) in [5.41, 5.74) is 0.515. The maximum absolute atomic E-state index is 12.6. The van der Waals surface area contributed by atoms with Gasteiger partial charge in [0.15, 0.2) is 6.10 Å². The van der Waals surface area contributed by atoms with E-state index in [4.69, 9.17) is 4.74 Å². The zero-order chi connectivity index (χ0) is 16.3. The van der Waals surface area contributed by atoms with E-state index in [-0.39, 0.29) is 29.9 Å². The van der Waals surface area contributed by atoms with Crippen molar-refractivity contribution in [2.75, 3.05) is 6.61 Å². The van der Waals surface area contributed by atoms with Crippen LogP contribution in [-0.2, 0) is 14.3 Å². The molecule has 0 bridgehead atoms. The minimum absolute atomic E-state index is 0.0937. The lowest BCUT2D eigenvalue weighted by atomic mass is 9.89. The van der Waals surface area contributed by atoms with E-state index in [2.05, 4.69) is 24.5 Å². The van der Waals surface area contributed by atoms with Crippen LogP contribution in [-0.4, -0.2) is 30.1 Å². The quantitative estimate of drug-likeness (QED) is 0.891. The monoisotopic (exact) mass is 304 g/mol. The van der Waals surface area contributed by atoms with Gasteiger partial charge in [0.05, 0.1) is 6.04 Å². The summed E-state index contributed by atoms with van der Waals surface area (Å²) in [6, 6.07) is 8.95. The van der Waals surface area contributed by atoms with Gasteiger partial charge < -0.3 is 15.4 Å². The fourth-order valence-electron chi connectivity index (χ4n) is 2.23. The molecule has 0 saturated carbocycles. The Labute approximate surface area is 131 Å². The first-order chi connectivity index (χ1) is 10.3. The van der Waals surface area contributed by atoms with Crippen molar-refractivity contribution in [2.24, 2.45) is 5.92 Å². The van der Waals surface area contributed by atoms with Gasteiger partial charge in [-0.3, -0.25) is 9.59 Å². The average Bonchev–Trinajstić information content (AvgIpc) is 2.47. The van der Waals surface area contributed by atoms with E-state index in [1.165, 1.54) is 0 Å². The number of carbonyl (C=O) groups excluding carboxylic acids is 2. The second kappa shape index (κ2) is 6.48. The topological polar surface area (TPSA) is 67.4 Å². The van der Waals surface area contributed by atoms with Gasteiger partial charge in [-0.2, -0.15) is 0 Å². The average molecular weight is 304 g/mol. The number of rotatable bonds is 4. The summed E-state index contributed by atoms with van der Waals surface area (Å²) >= 11 is 0. The molecular weight excluding hydrogens is 280 g/mol. The molecule has 2 atom stereocenters. The smallest absolute Gasteiger partial charge is 0.252 e. The van der Waals surface area contributed by atoms with Gasteiger partial charge in [-0.25, -0.2) is 0 Å². The van der Waals surface area contributed by atoms with Crippen LogP contribution < -0.4 is 10.6 Å². The third-order valence-electron chi connectivity index (χ3n) is 4.32. The summed E-state index contributed by atoms with van der Waals surface area (Å²) < 4.78 is 5.52. The largest absolute Gasteiger partial charge is 0.356 e. The minimum Gasteiger partial charge on any atom is -0.356 e. The molecule has 5 heteroatoms. The fourth-order valence-corrected chi connectivity index (χ4v) is 2.23. The van der Waals surface area contributed by atoms with Gasteiger partial charge in [0, 0.05) is 5.54 Å². The highest BCUT2D eigenvalue weighted by atomic mass is 16.5. The van der Waals surface area contributed by atoms with E-state index >= 15 is 0 Å². The highest BCUT2D eigenvalue weighted by Gasteiger charge is 2.38. The van der Waals surface area contributed by atoms with E-state index in [0.29, 0.717) is 0 Å². The van der Waals surface area contributed by atoms with Crippen LogP contribution in [0.2, 0.25) is 0 Å². The van der Waals surface area contributed by atoms with Gasteiger partial charge in [0.2, 0.25) is 5.91 Å². The van der Waals surface area contributed by atoms with Crippen molar-refractivity contribution in [3.8, 4) is 0 Å². The zero-order valence-electron chi connectivity index (χ0n) is 13.6. The van der Waals surface area contributed by atoms with Crippen LogP contribution in [0.25, 0.3) is 0 Å². The molecule has 0 radical (unpaired) electrons. The summed E-state index contributed by atoms with van der Waals surface area (Å²) in [5, 5.41) is 5.88. The molecule has 0 unspecified atom stereocenters. The normalized spacial score (nSPS) is 22.3. The molecule has 1 aliphatic heterocycles. The lowest BCUT2D eigenvalue weighted by Crippen LogP contribution is -2.57.